The number of nitrogens with zero attached hydrogens (tertiary/aromatic N) is 2. The number of nitrogens with one attached hydrogen (secondary N) is 1. The minimum atomic E-state index is 0.690. The third-order valence-electron chi connectivity index (χ3n) is 1.67. The SMILES string of the molecule is C/C=C(/N)c1c(I)nc(I)nc1NC. The molecule has 0 aliphatic carbocycles. The van der Waals surface area contributed by atoms with Crippen molar-refractivity contribution in [2.45, 2.75) is 6.92 Å². The van der Waals surface area contributed by atoms with E-state index in [0.29, 0.717) is 9.53 Å². The molecule has 0 radical (unpaired) electrons. The average molecular weight is 416 g/mol. The highest BCUT2D eigenvalue weighted by Gasteiger charge is 2.12. The Morgan fingerprint density at radius 3 is 2.57 bits per heavy atom. The first-order valence-electron chi connectivity index (χ1n) is 3.93. The van der Waals surface area contributed by atoms with Crippen molar-refractivity contribution in [2.24, 2.45) is 5.73 Å². The minimum Gasteiger partial charge on any atom is -0.398 e. The Bertz CT molecular complexity index is 376. The second-order valence-corrected chi connectivity index (χ2v) is 4.49. The molecule has 0 unspecified atom stereocenters. The fourth-order valence-corrected chi connectivity index (χ4v) is 2.73. The molecule has 0 fully saturated rings. The second kappa shape index (κ2) is 5.10. The molecule has 1 rings (SSSR count). The van der Waals surface area contributed by atoms with Crippen molar-refractivity contribution in [3.05, 3.63) is 19.2 Å². The molecule has 0 aliphatic heterocycles. The molecule has 6 heteroatoms. The van der Waals surface area contributed by atoms with Crippen LogP contribution in [-0.2, 0) is 0 Å². The fourth-order valence-electron chi connectivity index (χ4n) is 0.989. The van der Waals surface area contributed by atoms with E-state index in [1.54, 1.807) is 0 Å². The van der Waals surface area contributed by atoms with Gasteiger partial charge in [-0.2, -0.15) is 0 Å². The van der Waals surface area contributed by atoms with E-state index in [1.807, 2.05) is 20.0 Å². The maximum Gasteiger partial charge on any atom is 0.193 e. The van der Waals surface area contributed by atoms with Gasteiger partial charge in [0.05, 0.1) is 5.56 Å². The van der Waals surface area contributed by atoms with Crippen LogP contribution in [0, 0.1) is 7.53 Å². The van der Waals surface area contributed by atoms with E-state index in [4.69, 9.17) is 5.73 Å². The van der Waals surface area contributed by atoms with Crippen molar-refractivity contribution >= 4 is 56.7 Å². The van der Waals surface area contributed by atoms with Gasteiger partial charge in [0, 0.05) is 35.3 Å². The van der Waals surface area contributed by atoms with Crippen LogP contribution in [0.15, 0.2) is 6.08 Å². The summed E-state index contributed by atoms with van der Waals surface area (Å²) in [5, 5.41) is 3.01. The van der Waals surface area contributed by atoms with Crippen LogP contribution in [0.5, 0.6) is 0 Å². The summed E-state index contributed by atoms with van der Waals surface area (Å²) >= 11 is 4.24. The first-order valence-corrected chi connectivity index (χ1v) is 6.08. The summed E-state index contributed by atoms with van der Waals surface area (Å²) in [7, 11) is 1.82. The van der Waals surface area contributed by atoms with Gasteiger partial charge >= 0.3 is 0 Å². The first-order chi connectivity index (χ1) is 6.60. The summed E-state index contributed by atoms with van der Waals surface area (Å²) in [5.74, 6) is 0.768. The van der Waals surface area contributed by atoms with E-state index in [-0.39, 0.29) is 0 Å². The molecule has 1 heterocycles. The van der Waals surface area contributed by atoms with Crippen LogP contribution in [0.3, 0.4) is 0 Å². The summed E-state index contributed by atoms with van der Waals surface area (Å²) in [6.45, 7) is 1.89. The summed E-state index contributed by atoms with van der Waals surface area (Å²) in [6, 6.07) is 0. The molecule has 0 amide bonds. The van der Waals surface area contributed by atoms with Crippen LogP contribution < -0.4 is 11.1 Å². The van der Waals surface area contributed by atoms with Crippen LogP contribution in [0.1, 0.15) is 12.5 Å². The summed E-state index contributed by atoms with van der Waals surface area (Å²) in [4.78, 5) is 8.51. The molecule has 1 aromatic heterocycles. The summed E-state index contributed by atoms with van der Waals surface area (Å²) in [6.07, 6.45) is 1.84. The zero-order valence-electron chi connectivity index (χ0n) is 7.81. The normalized spacial score (nSPS) is 11.6. The largest absolute Gasteiger partial charge is 0.398 e. The monoisotopic (exact) mass is 416 g/mol. The maximum atomic E-state index is 5.86. The Balaban J connectivity index is 3.40. The summed E-state index contributed by atoms with van der Waals surface area (Å²) in [5.41, 5.74) is 7.42. The maximum absolute atomic E-state index is 5.86. The molecular formula is C8H10I2N4. The predicted molar refractivity (Wildman–Crippen MR) is 74.9 cm³/mol. The van der Waals surface area contributed by atoms with Gasteiger partial charge in [0.2, 0.25) is 0 Å². The Labute approximate surface area is 110 Å². The molecule has 1 aromatic rings. The van der Waals surface area contributed by atoms with Crippen LogP contribution in [0.4, 0.5) is 5.82 Å². The number of halogens is 2. The van der Waals surface area contributed by atoms with Gasteiger partial charge in [-0.15, -0.1) is 0 Å². The van der Waals surface area contributed by atoms with E-state index in [9.17, 15) is 0 Å². The molecule has 0 spiro atoms. The number of hydrogen-bond donors (Lipinski definition) is 2. The molecule has 4 nitrogen and oxygen atoms in total. The number of aromatic nitrogens is 2. The Hall–Kier alpha value is -0.120. The van der Waals surface area contributed by atoms with Gasteiger partial charge in [-0.3, -0.25) is 0 Å². The van der Waals surface area contributed by atoms with Crippen LogP contribution >= 0.6 is 45.2 Å². The van der Waals surface area contributed by atoms with Crippen molar-refractivity contribution in [1.29, 1.82) is 0 Å². The highest BCUT2D eigenvalue weighted by Crippen LogP contribution is 2.23. The van der Waals surface area contributed by atoms with Crippen molar-refractivity contribution in [2.75, 3.05) is 12.4 Å². The number of allylic oxidation sites excluding steroid dienone is 1. The van der Waals surface area contributed by atoms with E-state index in [0.717, 1.165) is 15.1 Å². The lowest BCUT2D eigenvalue weighted by molar-refractivity contribution is 1.06. The highest BCUT2D eigenvalue weighted by atomic mass is 127. The molecule has 0 atom stereocenters. The minimum absolute atomic E-state index is 0.690. The van der Waals surface area contributed by atoms with E-state index >= 15 is 0 Å². The first kappa shape index (κ1) is 12.0. The van der Waals surface area contributed by atoms with E-state index in [1.165, 1.54) is 0 Å². The van der Waals surface area contributed by atoms with Crippen molar-refractivity contribution in [3.63, 3.8) is 0 Å². The lowest BCUT2D eigenvalue weighted by Gasteiger charge is -2.09. The number of hydrogen-bond acceptors (Lipinski definition) is 4. The van der Waals surface area contributed by atoms with Crippen molar-refractivity contribution < 1.29 is 0 Å². The van der Waals surface area contributed by atoms with Crippen LogP contribution in [-0.4, -0.2) is 17.0 Å². The second-order valence-electron chi connectivity index (χ2n) is 2.50. The van der Waals surface area contributed by atoms with Gasteiger partial charge in [0.15, 0.2) is 3.83 Å². The molecule has 0 aromatic carbocycles. The van der Waals surface area contributed by atoms with E-state index < -0.39 is 0 Å². The highest BCUT2D eigenvalue weighted by molar-refractivity contribution is 14.1. The Morgan fingerprint density at radius 2 is 2.07 bits per heavy atom. The standard InChI is InChI=1S/C8H10I2N4/c1-3-4(11)5-6(9)13-8(10)14-7(5)12-2/h3H,11H2,1-2H3,(H,12,13,14)/b4-3+. The molecule has 0 aliphatic rings. The number of nitrogens with two attached hydrogens (primary N) is 1. The third-order valence-corrected chi connectivity index (χ3v) is 2.94. The van der Waals surface area contributed by atoms with Gasteiger partial charge in [0.25, 0.3) is 0 Å². The average Bonchev–Trinajstić information content (AvgIpc) is 2.15. The van der Waals surface area contributed by atoms with Gasteiger partial charge in [-0.1, -0.05) is 6.08 Å². The third kappa shape index (κ3) is 2.47. The molecule has 0 saturated heterocycles. The molecule has 76 valence electrons. The molecule has 3 N–H and O–H groups in total. The van der Waals surface area contributed by atoms with Crippen LogP contribution in [0.25, 0.3) is 5.70 Å². The number of anilines is 1. The molecule has 0 bridgehead atoms. The zero-order chi connectivity index (χ0) is 10.7. The molecule has 0 saturated carbocycles. The fraction of sp³-hybridized carbons (Fsp3) is 0.250. The Kier molecular flexibility index (Phi) is 4.35. The quantitative estimate of drug-likeness (QED) is 0.441. The lowest BCUT2D eigenvalue weighted by Crippen LogP contribution is -2.08. The zero-order valence-corrected chi connectivity index (χ0v) is 12.1. The van der Waals surface area contributed by atoms with Crippen LogP contribution in [0.2, 0.25) is 0 Å². The lowest BCUT2D eigenvalue weighted by atomic mass is 10.2. The smallest absolute Gasteiger partial charge is 0.193 e. The predicted octanol–water partition coefficient (Wildman–Crippen LogP) is 2.05. The van der Waals surface area contributed by atoms with Crippen molar-refractivity contribution in [1.82, 2.24) is 9.97 Å². The van der Waals surface area contributed by atoms with Gasteiger partial charge < -0.3 is 11.1 Å². The van der Waals surface area contributed by atoms with Gasteiger partial charge in [-0.05, 0) is 29.5 Å². The number of rotatable bonds is 2. The van der Waals surface area contributed by atoms with E-state index in [2.05, 4.69) is 60.5 Å². The molecular weight excluding hydrogens is 406 g/mol. The van der Waals surface area contributed by atoms with Gasteiger partial charge in [0.1, 0.15) is 9.52 Å². The Morgan fingerprint density at radius 1 is 1.43 bits per heavy atom. The van der Waals surface area contributed by atoms with Crippen molar-refractivity contribution in [3.8, 4) is 0 Å². The topological polar surface area (TPSA) is 63.8 Å². The van der Waals surface area contributed by atoms with Gasteiger partial charge in [-0.25, -0.2) is 9.97 Å². The molecule has 14 heavy (non-hydrogen) atoms. The summed E-state index contributed by atoms with van der Waals surface area (Å²) < 4.78 is 1.57.